The van der Waals surface area contributed by atoms with E-state index in [0.29, 0.717) is 21.3 Å². The third-order valence-electron chi connectivity index (χ3n) is 2.66. The van der Waals surface area contributed by atoms with Gasteiger partial charge in [0.05, 0.1) is 0 Å². The third kappa shape index (κ3) is 4.09. The zero-order chi connectivity index (χ0) is 15.2. The van der Waals surface area contributed by atoms with Crippen LogP contribution in [0.5, 0.6) is 0 Å². The first kappa shape index (κ1) is 15.1. The van der Waals surface area contributed by atoms with E-state index in [4.69, 9.17) is 28.5 Å². The van der Waals surface area contributed by atoms with Crippen LogP contribution in [0.25, 0.3) is 6.08 Å². The maximum atomic E-state index is 12.1. The van der Waals surface area contributed by atoms with Gasteiger partial charge in [0.15, 0.2) is 0 Å². The van der Waals surface area contributed by atoms with Crippen molar-refractivity contribution < 1.29 is 4.79 Å². The Morgan fingerprint density at radius 3 is 2.48 bits per heavy atom. The summed E-state index contributed by atoms with van der Waals surface area (Å²) in [4.78, 5) is 12.1. The normalized spacial score (nSPS) is 10.8. The molecule has 1 amide bonds. The van der Waals surface area contributed by atoms with E-state index in [9.17, 15) is 4.79 Å². The molecule has 2 aromatic rings. The molecule has 0 unspecified atom stereocenters. The molecule has 0 bridgehead atoms. The van der Waals surface area contributed by atoms with E-state index in [0.717, 1.165) is 0 Å². The number of para-hydroxylation sites is 1. The Hall–Kier alpha value is -2.28. The van der Waals surface area contributed by atoms with Gasteiger partial charge in [-0.3, -0.25) is 4.79 Å². The van der Waals surface area contributed by atoms with Crippen LogP contribution in [0.1, 0.15) is 5.56 Å². The molecule has 0 aliphatic rings. The lowest BCUT2D eigenvalue weighted by Gasteiger charge is -2.04. The fourth-order valence-corrected chi connectivity index (χ4v) is 2.11. The standard InChI is InChI=1S/C16H10Cl2N2O/c17-13-7-6-11(15(18)9-13)8-12(10-19)16(21)20-14-4-2-1-3-5-14/h1-9H,(H,20,21). The Kier molecular flexibility index (Phi) is 4.99. The van der Waals surface area contributed by atoms with Gasteiger partial charge < -0.3 is 5.32 Å². The number of nitriles is 1. The fourth-order valence-electron chi connectivity index (χ4n) is 1.64. The van der Waals surface area contributed by atoms with E-state index >= 15 is 0 Å². The molecule has 0 saturated carbocycles. The number of nitrogens with one attached hydrogen (secondary N) is 1. The summed E-state index contributed by atoms with van der Waals surface area (Å²) in [6.45, 7) is 0. The molecular weight excluding hydrogens is 307 g/mol. The maximum absolute atomic E-state index is 12.1. The van der Waals surface area contributed by atoms with Gasteiger partial charge >= 0.3 is 0 Å². The number of benzene rings is 2. The lowest BCUT2D eigenvalue weighted by Crippen LogP contribution is -2.13. The topological polar surface area (TPSA) is 52.9 Å². The molecule has 0 radical (unpaired) electrons. The molecule has 0 fully saturated rings. The number of rotatable bonds is 3. The molecule has 0 spiro atoms. The second-order valence-corrected chi connectivity index (χ2v) is 5.00. The fraction of sp³-hybridized carbons (Fsp3) is 0. The van der Waals surface area contributed by atoms with Gasteiger partial charge in [0, 0.05) is 15.7 Å². The number of nitrogens with zero attached hydrogens (tertiary/aromatic N) is 1. The SMILES string of the molecule is N#CC(=Cc1ccc(Cl)cc1Cl)C(=O)Nc1ccccc1. The summed E-state index contributed by atoms with van der Waals surface area (Å²) in [5.74, 6) is -0.491. The molecule has 3 nitrogen and oxygen atoms in total. The first-order valence-corrected chi connectivity index (χ1v) is 6.79. The van der Waals surface area contributed by atoms with Crippen molar-refractivity contribution in [1.82, 2.24) is 0 Å². The summed E-state index contributed by atoms with van der Waals surface area (Å²) in [5, 5.41) is 12.6. The van der Waals surface area contributed by atoms with Crippen LogP contribution in [0.3, 0.4) is 0 Å². The number of carbonyl (C=O) groups excluding carboxylic acids is 1. The first-order valence-electron chi connectivity index (χ1n) is 6.03. The Morgan fingerprint density at radius 2 is 1.86 bits per heavy atom. The van der Waals surface area contributed by atoms with Crippen LogP contribution in [0, 0.1) is 11.3 Å². The van der Waals surface area contributed by atoms with E-state index in [1.807, 2.05) is 12.1 Å². The van der Waals surface area contributed by atoms with Crippen molar-refractivity contribution in [1.29, 1.82) is 5.26 Å². The minimum absolute atomic E-state index is 0.0388. The summed E-state index contributed by atoms with van der Waals surface area (Å²) in [6, 6.07) is 15.6. The Labute approximate surface area is 132 Å². The zero-order valence-corrected chi connectivity index (χ0v) is 12.3. The van der Waals surface area contributed by atoms with E-state index in [1.54, 1.807) is 42.5 Å². The summed E-state index contributed by atoms with van der Waals surface area (Å²) in [5.41, 5.74) is 1.13. The van der Waals surface area contributed by atoms with Gasteiger partial charge in [0.1, 0.15) is 11.6 Å². The largest absolute Gasteiger partial charge is 0.321 e. The molecule has 2 aromatic carbocycles. The number of amides is 1. The number of hydrogen-bond donors (Lipinski definition) is 1. The van der Waals surface area contributed by atoms with E-state index in [-0.39, 0.29) is 5.57 Å². The van der Waals surface area contributed by atoms with E-state index in [2.05, 4.69) is 5.32 Å². The zero-order valence-electron chi connectivity index (χ0n) is 10.8. The molecule has 104 valence electrons. The highest BCUT2D eigenvalue weighted by Gasteiger charge is 2.10. The molecule has 1 N–H and O–H groups in total. The van der Waals surface area contributed by atoms with Crippen molar-refractivity contribution in [2.45, 2.75) is 0 Å². The summed E-state index contributed by atoms with van der Waals surface area (Å²) < 4.78 is 0. The van der Waals surface area contributed by atoms with Crippen LogP contribution in [0.2, 0.25) is 10.0 Å². The Morgan fingerprint density at radius 1 is 1.14 bits per heavy atom. The third-order valence-corrected chi connectivity index (χ3v) is 3.22. The van der Waals surface area contributed by atoms with Crippen molar-refractivity contribution in [3.05, 3.63) is 69.7 Å². The number of halogens is 2. The first-order chi connectivity index (χ1) is 10.1. The van der Waals surface area contributed by atoms with Crippen molar-refractivity contribution in [3.63, 3.8) is 0 Å². The smallest absolute Gasteiger partial charge is 0.266 e. The van der Waals surface area contributed by atoms with Gasteiger partial charge in [-0.05, 0) is 35.9 Å². The monoisotopic (exact) mass is 316 g/mol. The second-order valence-electron chi connectivity index (χ2n) is 4.16. The molecular formula is C16H10Cl2N2O. The van der Waals surface area contributed by atoms with Gasteiger partial charge in [-0.15, -0.1) is 0 Å². The average Bonchev–Trinajstić information content (AvgIpc) is 2.47. The lowest BCUT2D eigenvalue weighted by atomic mass is 10.1. The highest BCUT2D eigenvalue weighted by atomic mass is 35.5. The van der Waals surface area contributed by atoms with Crippen molar-refractivity contribution in [2.24, 2.45) is 0 Å². The summed E-state index contributed by atoms with van der Waals surface area (Å²) in [7, 11) is 0. The summed E-state index contributed by atoms with van der Waals surface area (Å²) >= 11 is 11.8. The molecule has 0 atom stereocenters. The quantitative estimate of drug-likeness (QED) is 0.667. The highest BCUT2D eigenvalue weighted by molar-refractivity contribution is 6.35. The molecule has 2 rings (SSSR count). The lowest BCUT2D eigenvalue weighted by molar-refractivity contribution is -0.112. The predicted molar refractivity (Wildman–Crippen MR) is 85.1 cm³/mol. The molecule has 0 aliphatic carbocycles. The van der Waals surface area contributed by atoms with Crippen LogP contribution in [0.15, 0.2) is 54.1 Å². The van der Waals surface area contributed by atoms with Crippen LogP contribution >= 0.6 is 23.2 Å². The van der Waals surface area contributed by atoms with Crippen LogP contribution < -0.4 is 5.32 Å². The van der Waals surface area contributed by atoms with Gasteiger partial charge in [-0.2, -0.15) is 5.26 Å². The van der Waals surface area contributed by atoms with Crippen LogP contribution in [0.4, 0.5) is 5.69 Å². The Balaban J connectivity index is 2.25. The van der Waals surface area contributed by atoms with Gasteiger partial charge in [-0.25, -0.2) is 0 Å². The minimum Gasteiger partial charge on any atom is -0.321 e. The summed E-state index contributed by atoms with van der Waals surface area (Å²) in [6.07, 6.45) is 1.43. The molecule has 21 heavy (non-hydrogen) atoms. The molecule has 0 heterocycles. The second kappa shape index (κ2) is 6.94. The number of hydrogen-bond acceptors (Lipinski definition) is 2. The molecule has 0 aliphatic heterocycles. The van der Waals surface area contributed by atoms with Crippen LogP contribution in [-0.4, -0.2) is 5.91 Å². The number of anilines is 1. The van der Waals surface area contributed by atoms with E-state index in [1.165, 1.54) is 6.08 Å². The van der Waals surface area contributed by atoms with Crippen molar-refractivity contribution in [3.8, 4) is 6.07 Å². The predicted octanol–water partition coefficient (Wildman–Crippen LogP) is 4.54. The minimum atomic E-state index is -0.491. The highest BCUT2D eigenvalue weighted by Crippen LogP contribution is 2.23. The van der Waals surface area contributed by atoms with Crippen LogP contribution in [-0.2, 0) is 4.79 Å². The average molecular weight is 317 g/mol. The molecule has 0 aromatic heterocycles. The van der Waals surface area contributed by atoms with Gasteiger partial charge in [0.2, 0.25) is 0 Å². The van der Waals surface area contributed by atoms with Gasteiger partial charge in [0.25, 0.3) is 5.91 Å². The Bertz CT molecular complexity index is 734. The van der Waals surface area contributed by atoms with Crippen molar-refractivity contribution in [2.75, 3.05) is 5.32 Å². The number of carbonyl (C=O) groups is 1. The molecule has 5 heteroatoms. The molecule has 0 saturated heterocycles. The van der Waals surface area contributed by atoms with Gasteiger partial charge in [-0.1, -0.05) is 47.5 Å². The van der Waals surface area contributed by atoms with Crippen molar-refractivity contribution >= 4 is 40.9 Å². The van der Waals surface area contributed by atoms with E-state index < -0.39 is 5.91 Å². The maximum Gasteiger partial charge on any atom is 0.266 e.